The van der Waals surface area contributed by atoms with E-state index in [-0.39, 0.29) is 5.41 Å². The summed E-state index contributed by atoms with van der Waals surface area (Å²) >= 11 is 0. The molecule has 0 fully saturated rings. The average Bonchev–Trinajstić information content (AvgIpc) is 3.65. The van der Waals surface area contributed by atoms with Crippen LogP contribution in [0.4, 0.5) is 0 Å². The van der Waals surface area contributed by atoms with Gasteiger partial charge in [-0.15, -0.1) is 0 Å². The number of furan rings is 1. The van der Waals surface area contributed by atoms with Crippen molar-refractivity contribution in [3.05, 3.63) is 132 Å². The summed E-state index contributed by atoms with van der Waals surface area (Å²) in [6.45, 7) is 4.67. The molecule has 2 heteroatoms. The van der Waals surface area contributed by atoms with E-state index < -0.39 is 0 Å². The SMILES string of the molecule is CC1(C)c2ccccc2-c2ccc(-c3cccc4c3oc3c(-c5ccc6[nH]c7ccccc7c6c5)cccc34)cc21. The van der Waals surface area contributed by atoms with Gasteiger partial charge in [0.05, 0.1) is 0 Å². The van der Waals surface area contributed by atoms with Crippen LogP contribution < -0.4 is 0 Å². The minimum absolute atomic E-state index is 0.0437. The number of benzene rings is 6. The van der Waals surface area contributed by atoms with Gasteiger partial charge in [0.1, 0.15) is 11.2 Å². The number of aromatic nitrogens is 1. The van der Waals surface area contributed by atoms with Crippen molar-refractivity contribution in [2.75, 3.05) is 0 Å². The Bertz CT molecular complexity index is 2350. The molecule has 1 N–H and O–H groups in total. The number of para-hydroxylation sites is 3. The van der Waals surface area contributed by atoms with E-state index in [9.17, 15) is 0 Å². The van der Waals surface area contributed by atoms with Crippen molar-refractivity contribution >= 4 is 43.7 Å². The molecule has 9 rings (SSSR count). The zero-order chi connectivity index (χ0) is 27.3. The quantitative estimate of drug-likeness (QED) is 0.239. The van der Waals surface area contributed by atoms with E-state index in [1.54, 1.807) is 0 Å². The summed E-state index contributed by atoms with van der Waals surface area (Å²) in [5.41, 5.74) is 14.2. The molecule has 0 spiro atoms. The van der Waals surface area contributed by atoms with E-state index in [1.165, 1.54) is 38.6 Å². The lowest BCUT2D eigenvalue weighted by molar-refractivity contribution is 0.660. The zero-order valence-corrected chi connectivity index (χ0v) is 23.0. The lowest BCUT2D eigenvalue weighted by Crippen LogP contribution is -2.14. The van der Waals surface area contributed by atoms with Crippen LogP contribution in [0.1, 0.15) is 25.0 Å². The molecule has 0 saturated carbocycles. The predicted octanol–water partition coefficient (Wildman–Crippen LogP) is 10.9. The van der Waals surface area contributed by atoms with Crippen molar-refractivity contribution in [1.29, 1.82) is 0 Å². The summed E-state index contributed by atoms with van der Waals surface area (Å²) in [6, 6.07) is 43.9. The van der Waals surface area contributed by atoms with Crippen LogP contribution in [0.5, 0.6) is 0 Å². The molecule has 0 aliphatic heterocycles. The average molecular weight is 526 g/mol. The molecular formula is C39H27NO. The van der Waals surface area contributed by atoms with Crippen LogP contribution in [0.15, 0.2) is 126 Å². The number of hydrogen-bond acceptors (Lipinski definition) is 1. The largest absolute Gasteiger partial charge is 0.455 e. The minimum atomic E-state index is -0.0437. The van der Waals surface area contributed by atoms with E-state index >= 15 is 0 Å². The number of nitrogens with one attached hydrogen (secondary N) is 1. The Labute approximate surface area is 237 Å². The fraction of sp³-hybridized carbons (Fsp3) is 0.0769. The van der Waals surface area contributed by atoms with Crippen molar-refractivity contribution in [1.82, 2.24) is 4.98 Å². The molecular weight excluding hydrogens is 498 g/mol. The van der Waals surface area contributed by atoms with Crippen LogP contribution in [0, 0.1) is 0 Å². The second-order valence-corrected chi connectivity index (χ2v) is 11.8. The number of rotatable bonds is 2. The van der Waals surface area contributed by atoms with Gasteiger partial charge in [-0.05, 0) is 57.6 Å². The molecule has 0 saturated heterocycles. The van der Waals surface area contributed by atoms with E-state index in [2.05, 4.69) is 140 Å². The topological polar surface area (TPSA) is 28.9 Å². The van der Waals surface area contributed by atoms with Gasteiger partial charge >= 0.3 is 0 Å². The molecule has 2 nitrogen and oxygen atoms in total. The zero-order valence-electron chi connectivity index (χ0n) is 23.0. The number of aromatic amines is 1. The summed E-state index contributed by atoms with van der Waals surface area (Å²) in [5.74, 6) is 0. The summed E-state index contributed by atoms with van der Waals surface area (Å²) in [4.78, 5) is 3.55. The lowest BCUT2D eigenvalue weighted by Gasteiger charge is -2.22. The third-order valence-corrected chi connectivity index (χ3v) is 9.24. The fourth-order valence-corrected chi connectivity index (χ4v) is 7.16. The molecule has 2 heterocycles. The molecule has 6 aromatic carbocycles. The highest BCUT2D eigenvalue weighted by atomic mass is 16.3. The van der Waals surface area contributed by atoms with Crippen molar-refractivity contribution in [3.8, 4) is 33.4 Å². The summed E-state index contributed by atoms with van der Waals surface area (Å²) in [7, 11) is 0. The van der Waals surface area contributed by atoms with Crippen molar-refractivity contribution < 1.29 is 4.42 Å². The molecule has 1 aliphatic rings. The van der Waals surface area contributed by atoms with Gasteiger partial charge in [0.15, 0.2) is 0 Å². The van der Waals surface area contributed by atoms with E-state index in [1.807, 2.05) is 0 Å². The molecule has 0 bridgehead atoms. The molecule has 0 atom stereocenters. The van der Waals surface area contributed by atoms with Crippen molar-refractivity contribution in [2.45, 2.75) is 19.3 Å². The molecule has 8 aromatic rings. The molecule has 0 radical (unpaired) electrons. The Balaban J connectivity index is 1.24. The summed E-state index contributed by atoms with van der Waals surface area (Å²) < 4.78 is 6.83. The molecule has 194 valence electrons. The third-order valence-electron chi connectivity index (χ3n) is 9.24. The van der Waals surface area contributed by atoms with Crippen LogP contribution in [0.2, 0.25) is 0 Å². The van der Waals surface area contributed by atoms with Gasteiger partial charge in [-0.25, -0.2) is 0 Å². The molecule has 0 amide bonds. The maximum absolute atomic E-state index is 6.83. The first-order chi connectivity index (χ1) is 20.1. The van der Waals surface area contributed by atoms with Crippen LogP contribution in [-0.2, 0) is 5.41 Å². The summed E-state index contributed by atoms with van der Waals surface area (Å²) in [6.07, 6.45) is 0. The maximum atomic E-state index is 6.83. The Kier molecular flexibility index (Phi) is 4.42. The van der Waals surface area contributed by atoms with E-state index in [0.717, 1.165) is 49.7 Å². The molecule has 41 heavy (non-hydrogen) atoms. The molecule has 2 aromatic heterocycles. The number of H-pyrrole nitrogens is 1. The Morgan fingerprint density at radius 1 is 0.463 bits per heavy atom. The van der Waals surface area contributed by atoms with Crippen molar-refractivity contribution in [2.24, 2.45) is 0 Å². The van der Waals surface area contributed by atoms with E-state index in [4.69, 9.17) is 4.42 Å². The number of fused-ring (bicyclic) bond motifs is 9. The smallest absolute Gasteiger partial charge is 0.143 e. The van der Waals surface area contributed by atoms with Crippen molar-refractivity contribution in [3.63, 3.8) is 0 Å². The van der Waals surface area contributed by atoms with Gasteiger partial charge in [-0.1, -0.05) is 111 Å². The minimum Gasteiger partial charge on any atom is -0.455 e. The molecule has 1 aliphatic carbocycles. The number of hydrogen-bond donors (Lipinski definition) is 1. The Morgan fingerprint density at radius 3 is 1.85 bits per heavy atom. The maximum Gasteiger partial charge on any atom is 0.143 e. The Morgan fingerprint density at radius 2 is 1.05 bits per heavy atom. The first-order valence-electron chi connectivity index (χ1n) is 14.3. The first-order valence-corrected chi connectivity index (χ1v) is 14.3. The Hall–Kier alpha value is -5.08. The standard InChI is InChI=1S/C39H27NO/c1-39(2)33-15-5-3-9-27(33)28-19-17-24(22-34(28)39)26-12-8-14-31-30-13-7-11-25(37(30)41-38(26)31)23-18-20-36-32(21-23)29-10-4-6-16-35(29)40-36/h3-22,40H,1-2H3. The highest BCUT2D eigenvalue weighted by molar-refractivity contribution is 6.14. The second-order valence-electron chi connectivity index (χ2n) is 11.8. The van der Waals surface area contributed by atoms with Crippen LogP contribution in [0.25, 0.3) is 77.1 Å². The van der Waals surface area contributed by atoms with Crippen LogP contribution in [0.3, 0.4) is 0 Å². The normalized spacial score (nSPS) is 13.8. The highest BCUT2D eigenvalue weighted by Gasteiger charge is 2.35. The van der Waals surface area contributed by atoms with Gasteiger partial charge in [-0.2, -0.15) is 0 Å². The van der Waals surface area contributed by atoms with Gasteiger partial charge in [0.2, 0.25) is 0 Å². The second kappa shape index (κ2) is 7.99. The first kappa shape index (κ1) is 22.7. The lowest BCUT2D eigenvalue weighted by atomic mass is 9.81. The fourth-order valence-electron chi connectivity index (χ4n) is 7.16. The van der Waals surface area contributed by atoms with Crippen LogP contribution in [-0.4, -0.2) is 4.98 Å². The van der Waals surface area contributed by atoms with Crippen LogP contribution >= 0.6 is 0 Å². The van der Waals surface area contributed by atoms with E-state index in [0.29, 0.717) is 0 Å². The summed E-state index contributed by atoms with van der Waals surface area (Å²) in [5, 5.41) is 4.77. The van der Waals surface area contributed by atoms with Gasteiger partial charge in [-0.3, -0.25) is 0 Å². The molecule has 0 unspecified atom stereocenters. The monoisotopic (exact) mass is 525 g/mol. The van der Waals surface area contributed by atoms with Gasteiger partial charge < -0.3 is 9.40 Å². The van der Waals surface area contributed by atoms with Gasteiger partial charge in [0, 0.05) is 49.1 Å². The third kappa shape index (κ3) is 3.08. The highest BCUT2D eigenvalue weighted by Crippen LogP contribution is 2.50. The van der Waals surface area contributed by atoms with Gasteiger partial charge in [0.25, 0.3) is 0 Å². The predicted molar refractivity (Wildman–Crippen MR) is 172 cm³/mol.